The van der Waals surface area contributed by atoms with Gasteiger partial charge in [-0.2, -0.15) is 0 Å². The first kappa shape index (κ1) is 14.6. The van der Waals surface area contributed by atoms with E-state index in [2.05, 4.69) is 22.6 Å². The van der Waals surface area contributed by atoms with Gasteiger partial charge in [-0.05, 0) is 25.2 Å². The second-order valence-electron chi connectivity index (χ2n) is 4.77. The molecule has 1 aliphatic heterocycles. The van der Waals surface area contributed by atoms with Gasteiger partial charge in [0.2, 0.25) is 0 Å². The van der Waals surface area contributed by atoms with Crippen molar-refractivity contribution in [2.75, 3.05) is 38.5 Å². The molecule has 1 aromatic carbocycles. The summed E-state index contributed by atoms with van der Waals surface area (Å²) in [7, 11) is 2.07. The Bertz CT molecular complexity index is 495. The lowest BCUT2D eigenvalue weighted by Gasteiger charge is -2.34. The van der Waals surface area contributed by atoms with Gasteiger partial charge >= 0.3 is 0 Å². The van der Waals surface area contributed by atoms with E-state index in [1.807, 2.05) is 17.0 Å². The predicted molar refractivity (Wildman–Crippen MR) is 82.7 cm³/mol. The van der Waals surface area contributed by atoms with Crippen LogP contribution in [0, 0.1) is 10.8 Å². The lowest BCUT2D eigenvalue weighted by atomic mass is 10.3. The summed E-state index contributed by atoms with van der Waals surface area (Å²) in [5.41, 5.74) is 0.723. The van der Waals surface area contributed by atoms with Crippen LogP contribution in [0.25, 0.3) is 0 Å². The summed E-state index contributed by atoms with van der Waals surface area (Å²) >= 11 is 5.88. The number of rotatable bonds is 1. The number of benzene rings is 1. The van der Waals surface area contributed by atoms with E-state index in [1.54, 1.807) is 12.1 Å². The van der Waals surface area contributed by atoms with Crippen LogP contribution in [0.2, 0.25) is 5.02 Å². The van der Waals surface area contributed by atoms with E-state index < -0.39 is 0 Å². The van der Waals surface area contributed by atoms with E-state index in [4.69, 9.17) is 22.4 Å². The van der Waals surface area contributed by atoms with Crippen molar-refractivity contribution in [3.8, 4) is 0 Å². The second-order valence-corrected chi connectivity index (χ2v) is 5.21. The average molecular weight is 295 g/mol. The fraction of sp³-hybridized carbons (Fsp3) is 0.385. The third-order valence-electron chi connectivity index (χ3n) is 3.16. The van der Waals surface area contributed by atoms with Crippen molar-refractivity contribution < 1.29 is 0 Å². The van der Waals surface area contributed by atoms with Gasteiger partial charge in [-0.25, -0.2) is 0 Å². The molecular weight excluding hydrogens is 276 g/mol. The highest BCUT2D eigenvalue weighted by Crippen LogP contribution is 2.14. The molecule has 1 fully saturated rings. The molecule has 0 amide bonds. The molecule has 0 unspecified atom stereocenters. The summed E-state index contributed by atoms with van der Waals surface area (Å²) in [5.74, 6) is 0.314. The zero-order valence-corrected chi connectivity index (χ0v) is 12.2. The number of halogens is 1. The number of likely N-dealkylation sites (N-methyl/N-ethyl adjacent to an activating group) is 1. The van der Waals surface area contributed by atoms with Gasteiger partial charge in [-0.15, -0.1) is 0 Å². The maximum absolute atomic E-state index is 7.98. The van der Waals surface area contributed by atoms with Crippen LogP contribution in [0.15, 0.2) is 24.3 Å². The maximum atomic E-state index is 7.98. The van der Waals surface area contributed by atoms with Gasteiger partial charge in [-0.3, -0.25) is 16.1 Å². The fourth-order valence-corrected chi connectivity index (χ4v) is 2.16. The van der Waals surface area contributed by atoms with Crippen molar-refractivity contribution in [3.05, 3.63) is 29.3 Å². The first-order valence-electron chi connectivity index (χ1n) is 6.45. The number of guanidine groups is 2. The highest BCUT2D eigenvalue weighted by Gasteiger charge is 2.17. The predicted octanol–water partition coefficient (Wildman–Crippen LogP) is 1.46. The minimum absolute atomic E-state index is 0.0659. The molecule has 1 saturated heterocycles. The van der Waals surface area contributed by atoms with E-state index in [-0.39, 0.29) is 11.9 Å². The lowest BCUT2D eigenvalue weighted by Crippen LogP contribution is -2.52. The summed E-state index contributed by atoms with van der Waals surface area (Å²) in [5, 5.41) is 22.1. The molecule has 7 heteroatoms. The largest absolute Gasteiger partial charge is 0.340 e. The van der Waals surface area contributed by atoms with Gasteiger partial charge in [0.25, 0.3) is 0 Å². The first-order chi connectivity index (χ1) is 9.54. The second kappa shape index (κ2) is 6.58. The molecule has 0 aromatic heterocycles. The highest BCUT2D eigenvalue weighted by atomic mass is 35.5. The Morgan fingerprint density at radius 1 is 1.20 bits per heavy atom. The molecule has 2 rings (SSSR count). The normalized spacial score (nSPS) is 15.8. The van der Waals surface area contributed by atoms with Crippen molar-refractivity contribution in [3.63, 3.8) is 0 Å². The Morgan fingerprint density at radius 2 is 1.90 bits per heavy atom. The van der Waals surface area contributed by atoms with Crippen LogP contribution >= 0.6 is 11.6 Å². The molecule has 1 aromatic rings. The van der Waals surface area contributed by atoms with Crippen LogP contribution < -0.4 is 10.6 Å². The van der Waals surface area contributed by atoms with Crippen molar-refractivity contribution >= 4 is 29.2 Å². The number of nitrogens with zero attached hydrogens (tertiary/aromatic N) is 2. The molecule has 0 radical (unpaired) electrons. The minimum atomic E-state index is 0.0659. The third-order valence-corrected chi connectivity index (χ3v) is 3.39. The van der Waals surface area contributed by atoms with E-state index in [0.29, 0.717) is 5.02 Å². The van der Waals surface area contributed by atoms with Gasteiger partial charge in [0.05, 0.1) is 0 Å². The molecule has 6 nitrogen and oxygen atoms in total. The molecule has 0 saturated carbocycles. The van der Waals surface area contributed by atoms with Crippen LogP contribution in [-0.2, 0) is 0 Å². The standard InChI is InChI=1S/C13H19ClN6/c1-19-5-7-20(8-6-19)13(16)18-12(15)17-11-4-2-3-10(14)9-11/h2-4,9H,5-8H2,1H3,(H4,15,16,17,18). The maximum Gasteiger partial charge on any atom is 0.199 e. The van der Waals surface area contributed by atoms with Gasteiger partial charge in [0, 0.05) is 36.9 Å². The summed E-state index contributed by atoms with van der Waals surface area (Å²) in [6.07, 6.45) is 0. The van der Waals surface area contributed by atoms with Crippen LogP contribution in [0.1, 0.15) is 0 Å². The van der Waals surface area contributed by atoms with Crippen LogP contribution in [-0.4, -0.2) is 54.9 Å². The topological polar surface area (TPSA) is 78.2 Å². The number of hydrogen-bond donors (Lipinski definition) is 4. The monoisotopic (exact) mass is 294 g/mol. The minimum Gasteiger partial charge on any atom is -0.340 e. The van der Waals surface area contributed by atoms with Crippen molar-refractivity contribution in [2.45, 2.75) is 0 Å². The van der Waals surface area contributed by atoms with Crippen molar-refractivity contribution in [1.29, 1.82) is 10.8 Å². The van der Waals surface area contributed by atoms with Crippen LogP contribution in [0.3, 0.4) is 0 Å². The molecule has 1 aliphatic rings. The molecule has 0 bridgehead atoms. The Hall–Kier alpha value is -1.79. The zero-order chi connectivity index (χ0) is 14.5. The van der Waals surface area contributed by atoms with E-state index in [1.165, 1.54) is 0 Å². The van der Waals surface area contributed by atoms with Gasteiger partial charge in [-0.1, -0.05) is 17.7 Å². The molecule has 20 heavy (non-hydrogen) atoms. The zero-order valence-electron chi connectivity index (χ0n) is 11.4. The third kappa shape index (κ3) is 4.11. The molecule has 108 valence electrons. The quantitative estimate of drug-likeness (QED) is 0.467. The van der Waals surface area contributed by atoms with E-state index in [0.717, 1.165) is 31.9 Å². The summed E-state index contributed by atoms with van der Waals surface area (Å²) in [4.78, 5) is 4.15. The Morgan fingerprint density at radius 3 is 2.55 bits per heavy atom. The lowest BCUT2D eigenvalue weighted by molar-refractivity contribution is 0.212. The SMILES string of the molecule is CN1CCN(C(=N)NC(=N)Nc2cccc(Cl)c2)CC1. The van der Waals surface area contributed by atoms with Gasteiger partial charge in [0.15, 0.2) is 11.9 Å². The molecule has 4 N–H and O–H groups in total. The summed E-state index contributed by atoms with van der Waals surface area (Å²) < 4.78 is 0. The number of hydrogen-bond acceptors (Lipinski definition) is 3. The molecular formula is C13H19ClN6. The van der Waals surface area contributed by atoms with Crippen molar-refractivity contribution in [2.24, 2.45) is 0 Å². The first-order valence-corrected chi connectivity index (χ1v) is 6.82. The molecule has 0 spiro atoms. The van der Waals surface area contributed by atoms with Crippen molar-refractivity contribution in [1.82, 2.24) is 15.1 Å². The summed E-state index contributed by atoms with van der Waals surface area (Å²) in [6, 6.07) is 7.14. The Labute approximate surface area is 123 Å². The van der Waals surface area contributed by atoms with E-state index >= 15 is 0 Å². The Balaban J connectivity index is 1.83. The van der Waals surface area contributed by atoms with E-state index in [9.17, 15) is 0 Å². The highest BCUT2D eigenvalue weighted by molar-refractivity contribution is 6.30. The molecule has 1 heterocycles. The van der Waals surface area contributed by atoms with Crippen LogP contribution in [0.5, 0.6) is 0 Å². The summed E-state index contributed by atoms with van der Waals surface area (Å²) in [6.45, 7) is 3.46. The number of piperazine rings is 1. The number of anilines is 1. The smallest absolute Gasteiger partial charge is 0.199 e. The van der Waals surface area contributed by atoms with Gasteiger partial charge in [0.1, 0.15) is 0 Å². The molecule has 0 atom stereocenters. The number of nitrogens with one attached hydrogen (secondary N) is 4. The van der Waals surface area contributed by atoms with Crippen LogP contribution in [0.4, 0.5) is 5.69 Å². The molecule has 0 aliphatic carbocycles. The van der Waals surface area contributed by atoms with Gasteiger partial charge < -0.3 is 15.1 Å². The average Bonchev–Trinajstić information content (AvgIpc) is 2.39. The fourth-order valence-electron chi connectivity index (χ4n) is 1.97. The Kier molecular flexibility index (Phi) is 4.81.